The van der Waals surface area contributed by atoms with Crippen LogP contribution < -0.4 is 5.73 Å². The van der Waals surface area contributed by atoms with Crippen molar-refractivity contribution in [3.8, 4) is 0 Å². The first-order valence-electron chi connectivity index (χ1n) is 6.45. The van der Waals surface area contributed by atoms with E-state index in [1.165, 1.54) is 12.0 Å². The number of hydrogen-bond acceptors (Lipinski definition) is 2. The molecule has 2 atom stereocenters. The lowest BCUT2D eigenvalue weighted by molar-refractivity contribution is 0.145. The molecule has 2 unspecified atom stereocenters. The third-order valence-electron chi connectivity index (χ3n) is 3.57. The molecule has 0 aliphatic carbocycles. The Morgan fingerprint density at radius 3 is 2.61 bits per heavy atom. The molecule has 1 heterocycles. The van der Waals surface area contributed by atoms with Crippen molar-refractivity contribution in [2.75, 3.05) is 13.1 Å². The molecule has 0 amide bonds. The zero-order chi connectivity index (χ0) is 12.3. The number of rotatable bonds is 3. The summed E-state index contributed by atoms with van der Waals surface area (Å²) in [7, 11) is 0. The number of nitrogens with two attached hydrogens (primary N) is 1. The second-order valence-corrected chi connectivity index (χ2v) is 4.87. The van der Waals surface area contributed by atoms with E-state index in [1.807, 2.05) is 12.1 Å². The Balaban J connectivity index is 0.00000162. The number of halogens is 2. The van der Waals surface area contributed by atoms with Crippen LogP contribution in [0.2, 0.25) is 0 Å². The highest BCUT2D eigenvalue weighted by Gasteiger charge is 2.23. The quantitative estimate of drug-likeness (QED) is 0.916. The molecule has 4 heteroatoms. The molecule has 18 heavy (non-hydrogen) atoms. The van der Waals surface area contributed by atoms with E-state index < -0.39 is 0 Å². The first-order valence-corrected chi connectivity index (χ1v) is 6.45. The Morgan fingerprint density at radius 1 is 1.39 bits per heavy atom. The molecule has 0 spiro atoms. The molecule has 1 aliphatic rings. The monoisotopic (exact) mass is 272 g/mol. The first-order chi connectivity index (χ1) is 8.20. The van der Waals surface area contributed by atoms with Crippen molar-refractivity contribution in [1.82, 2.24) is 4.90 Å². The molecule has 1 aromatic rings. The Labute approximate surface area is 115 Å². The number of nitrogens with zero attached hydrogens (tertiary/aromatic N) is 1. The van der Waals surface area contributed by atoms with Crippen molar-refractivity contribution in [3.05, 3.63) is 35.6 Å². The van der Waals surface area contributed by atoms with E-state index in [-0.39, 0.29) is 18.2 Å². The van der Waals surface area contributed by atoms with E-state index in [9.17, 15) is 4.39 Å². The zero-order valence-electron chi connectivity index (χ0n) is 10.8. The Kier molecular flexibility index (Phi) is 6.06. The van der Waals surface area contributed by atoms with Crippen LogP contribution in [0.1, 0.15) is 37.8 Å². The predicted octanol–water partition coefficient (Wildman–Crippen LogP) is 3.12. The zero-order valence-corrected chi connectivity index (χ0v) is 11.6. The summed E-state index contributed by atoms with van der Waals surface area (Å²) in [6.07, 6.45) is 3.33. The number of likely N-dealkylation sites (tertiary alicyclic amines) is 1. The standard InChI is InChI=1S/C14H21FN2.ClH/c1-2-14(11-5-7-12(15)8-6-11)17-9-3-4-13(16)10-17;/h5-8,13-14H,2-4,9-10,16H2,1H3;1H. The van der Waals surface area contributed by atoms with E-state index >= 15 is 0 Å². The first kappa shape index (κ1) is 15.4. The highest BCUT2D eigenvalue weighted by molar-refractivity contribution is 5.85. The normalized spacial score (nSPS) is 22.3. The van der Waals surface area contributed by atoms with E-state index in [4.69, 9.17) is 5.73 Å². The van der Waals surface area contributed by atoms with Gasteiger partial charge in [0.25, 0.3) is 0 Å². The minimum absolute atomic E-state index is 0. The van der Waals surface area contributed by atoms with Gasteiger partial charge in [0.1, 0.15) is 5.82 Å². The lowest BCUT2D eigenvalue weighted by atomic mass is 9.98. The molecular weight excluding hydrogens is 251 g/mol. The Hall–Kier alpha value is -0.640. The molecule has 2 nitrogen and oxygen atoms in total. The van der Waals surface area contributed by atoms with Gasteiger partial charge in [-0.2, -0.15) is 0 Å². The van der Waals surface area contributed by atoms with Crippen LogP contribution in [-0.2, 0) is 0 Å². The molecule has 0 aromatic heterocycles. The summed E-state index contributed by atoms with van der Waals surface area (Å²) in [5.41, 5.74) is 7.22. The van der Waals surface area contributed by atoms with E-state index in [0.29, 0.717) is 12.1 Å². The molecule has 2 N–H and O–H groups in total. The van der Waals surface area contributed by atoms with Crippen molar-refractivity contribution >= 4 is 12.4 Å². The lowest BCUT2D eigenvalue weighted by Gasteiger charge is -2.37. The van der Waals surface area contributed by atoms with E-state index in [2.05, 4.69) is 11.8 Å². The van der Waals surface area contributed by atoms with Crippen molar-refractivity contribution in [1.29, 1.82) is 0 Å². The molecule has 102 valence electrons. The number of hydrogen-bond donors (Lipinski definition) is 1. The average molecular weight is 273 g/mol. The third kappa shape index (κ3) is 3.67. The Bertz CT molecular complexity index is 355. The fourth-order valence-electron chi connectivity index (χ4n) is 2.71. The maximum atomic E-state index is 12.9. The van der Waals surface area contributed by atoms with Crippen LogP contribution in [0, 0.1) is 5.82 Å². The van der Waals surface area contributed by atoms with Crippen LogP contribution in [0.5, 0.6) is 0 Å². The minimum atomic E-state index is -0.168. The predicted molar refractivity (Wildman–Crippen MR) is 75.5 cm³/mol. The van der Waals surface area contributed by atoms with Gasteiger partial charge in [-0.15, -0.1) is 12.4 Å². The smallest absolute Gasteiger partial charge is 0.123 e. The molecule has 1 aliphatic heterocycles. The van der Waals surface area contributed by atoms with Crippen LogP contribution in [0.3, 0.4) is 0 Å². The second-order valence-electron chi connectivity index (χ2n) is 4.87. The van der Waals surface area contributed by atoms with Crippen molar-refractivity contribution in [2.24, 2.45) is 5.73 Å². The van der Waals surface area contributed by atoms with Gasteiger partial charge in [-0.25, -0.2) is 4.39 Å². The van der Waals surface area contributed by atoms with Crippen molar-refractivity contribution in [2.45, 2.75) is 38.3 Å². The fraction of sp³-hybridized carbons (Fsp3) is 0.571. The van der Waals surface area contributed by atoms with Gasteiger partial charge in [0.15, 0.2) is 0 Å². The summed E-state index contributed by atoms with van der Waals surface area (Å²) in [4.78, 5) is 2.43. The SMILES string of the molecule is CCC(c1ccc(F)cc1)N1CCCC(N)C1.Cl. The van der Waals surface area contributed by atoms with Gasteiger partial charge < -0.3 is 5.73 Å². The third-order valence-corrected chi connectivity index (χ3v) is 3.57. The topological polar surface area (TPSA) is 29.3 Å². The molecule has 2 rings (SSSR count). The number of piperidine rings is 1. The summed E-state index contributed by atoms with van der Waals surface area (Å²) in [5.74, 6) is -0.168. The number of benzene rings is 1. The molecule has 1 aromatic carbocycles. The van der Waals surface area contributed by atoms with Crippen LogP contribution in [0.25, 0.3) is 0 Å². The van der Waals surface area contributed by atoms with E-state index in [0.717, 1.165) is 25.9 Å². The molecule has 0 saturated carbocycles. The van der Waals surface area contributed by atoms with Gasteiger partial charge in [0.05, 0.1) is 0 Å². The van der Waals surface area contributed by atoms with Crippen LogP contribution >= 0.6 is 12.4 Å². The molecule has 0 bridgehead atoms. The Morgan fingerprint density at radius 2 is 2.06 bits per heavy atom. The lowest BCUT2D eigenvalue weighted by Crippen LogP contribution is -2.44. The van der Waals surface area contributed by atoms with Gasteiger partial charge in [0.2, 0.25) is 0 Å². The fourth-order valence-corrected chi connectivity index (χ4v) is 2.71. The van der Waals surface area contributed by atoms with Gasteiger partial charge in [-0.1, -0.05) is 19.1 Å². The maximum Gasteiger partial charge on any atom is 0.123 e. The van der Waals surface area contributed by atoms with Gasteiger partial charge >= 0.3 is 0 Å². The average Bonchev–Trinajstić information content (AvgIpc) is 2.33. The summed E-state index contributed by atoms with van der Waals surface area (Å²) in [6, 6.07) is 7.54. The highest BCUT2D eigenvalue weighted by atomic mass is 35.5. The van der Waals surface area contributed by atoms with E-state index in [1.54, 1.807) is 12.1 Å². The molecule has 1 fully saturated rings. The largest absolute Gasteiger partial charge is 0.327 e. The van der Waals surface area contributed by atoms with Gasteiger partial charge in [-0.3, -0.25) is 4.90 Å². The summed E-state index contributed by atoms with van der Waals surface area (Å²) in [5, 5.41) is 0. The summed E-state index contributed by atoms with van der Waals surface area (Å²) >= 11 is 0. The molecular formula is C14H22ClFN2. The minimum Gasteiger partial charge on any atom is -0.327 e. The molecule has 0 radical (unpaired) electrons. The summed E-state index contributed by atoms with van der Waals surface area (Å²) in [6.45, 7) is 4.23. The maximum absolute atomic E-state index is 12.9. The van der Waals surface area contributed by atoms with Crippen LogP contribution in [-0.4, -0.2) is 24.0 Å². The summed E-state index contributed by atoms with van der Waals surface area (Å²) < 4.78 is 12.9. The van der Waals surface area contributed by atoms with Crippen molar-refractivity contribution in [3.63, 3.8) is 0 Å². The molecule has 1 saturated heterocycles. The highest BCUT2D eigenvalue weighted by Crippen LogP contribution is 2.27. The van der Waals surface area contributed by atoms with Gasteiger partial charge in [0, 0.05) is 18.6 Å². The van der Waals surface area contributed by atoms with Gasteiger partial charge in [-0.05, 0) is 43.5 Å². The van der Waals surface area contributed by atoms with Crippen LogP contribution in [0.15, 0.2) is 24.3 Å². The van der Waals surface area contributed by atoms with Crippen molar-refractivity contribution < 1.29 is 4.39 Å². The van der Waals surface area contributed by atoms with Crippen LogP contribution in [0.4, 0.5) is 4.39 Å². The second kappa shape index (κ2) is 7.07.